The Bertz CT molecular complexity index is 913. The van der Waals surface area contributed by atoms with E-state index in [1.807, 2.05) is 25.1 Å². The Labute approximate surface area is 178 Å². The van der Waals surface area contributed by atoms with Gasteiger partial charge in [0.1, 0.15) is 11.7 Å². The number of anilines is 2. The summed E-state index contributed by atoms with van der Waals surface area (Å²) in [7, 11) is 0. The van der Waals surface area contributed by atoms with Crippen molar-refractivity contribution in [3.05, 3.63) is 39.9 Å². The molecule has 0 aliphatic carbocycles. The number of morpholine rings is 1. The molecule has 154 valence electrons. The highest BCUT2D eigenvalue weighted by molar-refractivity contribution is 7.14. The fourth-order valence-electron chi connectivity index (χ4n) is 3.68. The average molecular weight is 435 g/mol. The van der Waals surface area contributed by atoms with Crippen LogP contribution >= 0.6 is 22.9 Å². The summed E-state index contributed by atoms with van der Waals surface area (Å²) in [5, 5.41) is 6.21. The maximum absolute atomic E-state index is 13.1. The zero-order valence-corrected chi connectivity index (χ0v) is 17.8. The average Bonchev–Trinajstić information content (AvgIpc) is 3.40. The summed E-state index contributed by atoms with van der Waals surface area (Å²) in [6.45, 7) is 4.83. The highest BCUT2D eigenvalue weighted by atomic mass is 35.5. The van der Waals surface area contributed by atoms with E-state index in [1.54, 1.807) is 15.2 Å². The molecular weight excluding hydrogens is 412 g/mol. The van der Waals surface area contributed by atoms with Crippen LogP contribution in [-0.4, -0.2) is 65.5 Å². The van der Waals surface area contributed by atoms with Crippen LogP contribution in [0, 0.1) is 6.92 Å². The van der Waals surface area contributed by atoms with Crippen LogP contribution in [0.25, 0.3) is 0 Å². The second-order valence-corrected chi connectivity index (χ2v) is 8.51. The van der Waals surface area contributed by atoms with Crippen molar-refractivity contribution in [1.82, 2.24) is 14.8 Å². The van der Waals surface area contributed by atoms with Crippen LogP contribution in [0.2, 0.25) is 5.02 Å². The minimum atomic E-state index is -0.408. The van der Waals surface area contributed by atoms with Crippen LogP contribution in [0.5, 0.6) is 0 Å². The second-order valence-electron chi connectivity index (χ2n) is 7.22. The number of likely N-dealkylation sites (tertiary alicyclic amines) is 1. The summed E-state index contributed by atoms with van der Waals surface area (Å²) in [5.74, 6) is -0.177. The van der Waals surface area contributed by atoms with Crippen molar-refractivity contribution in [1.29, 1.82) is 0 Å². The van der Waals surface area contributed by atoms with Gasteiger partial charge >= 0.3 is 0 Å². The van der Waals surface area contributed by atoms with E-state index in [2.05, 4.69) is 10.3 Å². The molecular formula is C20H23ClN4O3S. The monoisotopic (exact) mass is 434 g/mol. The van der Waals surface area contributed by atoms with Crippen LogP contribution in [0.1, 0.15) is 28.9 Å². The molecule has 0 radical (unpaired) electrons. The van der Waals surface area contributed by atoms with Gasteiger partial charge in [0.15, 0.2) is 5.13 Å². The molecule has 2 aromatic rings. The highest BCUT2D eigenvalue weighted by Crippen LogP contribution is 2.28. The SMILES string of the molecule is Cc1ccc(Cl)cc1Nc1nc(C(=O)N2CCCC2C(=O)N2CCOCC2)cs1. The number of benzene rings is 1. The zero-order valence-electron chi connectivity index (χ0n) is 16.2. The molecule has 0 saturated carbocycles. The van der Waals surface area contributed by atoms with E-state index in [0.717, 1.165) is 17.7 Å². The predicted molar refractivity (Wildman–Crippen MR) is 113 cm³/mol. The van der Waals surface area contributed by atoms with E-state index >= 15 is 0 Å². The second kappa shape index (κ2) is 8.69. The first-order chi connectivity index (χ1) is 14.0. The third kappa shape index (κ3) is 4.39. The molecule has 1 aromatic carbocycles. The topological polar surface area (TPSA) is 74.8 Å². The summed E-state index contributed by atoms with van der Waals surface area (Å²) in [4.78, 5) is 33.9. The first-order valence-corrected chi connectivity index (χ1v) is 10.9. The lowest BCUT2D eigenvalue weighted by Gasteiger charge is -2.32. The molecule has 1 atom stereocenters. The van der Waals surface area contributed by atoms with Crippen molar-refractivity contribution in [3.8, 4) is 0 Å². The Morgan fingerprint density at radius 2 is 2.07 bits per heavy atom. The number of carbonyl (C=O) groups excluding carboxylic acids is 2. The Balaban J connectivity index is 1.46. The number of halogens is 1. The van der Waals surface area contributed by atoms with Crippen molar-refractivity contribution in [2.24, 2.45) is 0 Å². The number of ether oxygens (including phenoxy) is 1. The lowest BCUT2D eigenvalue weighted by Crippen LogP contribution is -2.51. The lowest BCUT2D eigenvalue weighted by atomic mass is 10.1. The standard InChI is InChI=1S/C20H23ClN4O3S/c1-13-4-5-14(21)11-15(13)22-20-23-16(12-29-20)18(26)25-6-2-3-17(25)19(27)24-7-9-28-10-8-24/h4-5,11-12,17H,2-3,6-10H2,1H3,(H,22,23). The zero-order chi connectivity index (χ0) is 20.4. The molecule has 2 aliphatic rings. The molecule has 2 fully saturated rings. The van der Waals surface area contributed by atoms with Gasteiger partial charge in [-0.05, 0) is 37.5 Å². The molecule has 9 heteroatoms. The van der Waals surface area contributed by atoms with Gasteiger partial charge in [-0.15, -0.1) is 11.3 Å². The number of thiazole rings is 1. The quantitative estimate of drug-likeness (QED) is 0.799. The van der Waals surface area contributed by atoms with Crippen LogP contribution in [-0.2, 0) is 9.53 Å². The molecule has 0 bridgehead atoms. The molecule has 1 N–H and O–H groups in total. The fourth-order valence-corrected chi connectivity index (χ4v) is 4.55. The van der Waals surface area contributed by atoms with Crippen molar-refractivity contribution in [2.45, 2.75) is 25.8 Å². The van der Waals surface area contributed by atoms with Gasteiger partial charge in [0, 0.05) is 35.7 Å². The Morgan fingerprint density at radius 1 is 1.28 bits per heavy atom. The first-order valence-electron chi connectivity index (χ1n) is 9.69. The Morgan fingerprint density at radius 3 is 2.86 bits per heavy atom. The molecule has 7 nitrogen and oxygen atoms in total. The molecule has 29 heavy (non-hydrogen) atoms. The number of aryl methyl sites for hydroxylation is 1. The number of rotatable bonds is 4. The van der Waals surface area contributed by atoms with Crippen LogP contribution in [0.15, 0.2) is 23.6 Å². The molecule has 2 saturated heterocycles. The van der Waals surface area contributed by atoms with Crippen molar-refractivity contribution in [2.75, 3.05) is 38.2 Å². The van der Waals surface area contributed by atoms with Crippen LogP contribution in [0.3, 0.4) is 0 Å². The van der Waals surface area contributed by atoms with Gasteiger partial charge in [-0.1, -0.05) is 17.7 Å². The normalized spacial score (nSPS) is 19.4. The largest absolute Gasteiger partial charge is 0.378 e. The van der Waals surface area contributed by atoms with Crippen LogP contribution < -0.4 is 5.32 Å². The van der Waals surface area contributed by atoms with Gasteiger partial charge in [-0.2, -0.15) is 0 Å². The number of nitrogens with zero attached hydrogens (tertiary/aromatic N) is 3. The number of carbonyl (C=O) groups is 2. The third-order valence-corrected chi connectivity index (χ3v) is 6.28. The minimum absolute atomic E-state index is 0.0160. The van der Waals surface area contributed by atoms with Gasteiger partial charge in [0.05, 0.1) is 13.2 Å². The van der Waals surface area contributed by atoms with Crippen molar-refractivity contribution >= 4 is 45.6 Å². The fraction of sp³-hybridized carbons (Fsp3) is 0.450. The van der Waals surface area contributed by atoms with Gasteiger partial charge in [0.2, 0.25) is 5.91 Å². The molecule has 0 spiro atoms. The molecule has 1 unspecified atom stereocenters. The smallest absolute Gasteiger partial charge is 0.274 e. The summed E-state index contributed by atoms with van der Waals surface area (Å²) in [6.07, 6.45) is 1.52. The van der Waals surface area contributed by atoms with E-state index in [-0.39, 0.29) is 11.8 Å². The van der Waals surface area contributed by atoms with Crippen molar-refractivity contribution in [3.63, 3.8) is 0 Å². The highest BCUT2D eigenvalue weighted by Gasteiger charge is 2.38. The predicted octanol–water partition coefficient (Wildman–Crippen LogP) is 3.31. The first kappa shape index (κ1) is 20.1. The number of hydrogen-bond acceptors (Lipinski definition) is 6. The molecule has 4 rings (SSSR count). The number of hydrogen-bond donors (Lipinski definition) is 1. The van der Waals surface area contributed by atoms with E-state index in [4.69, 9.17) is 16.3 Å². The maximum atomic E-state index is 13.1. The van der Waals surface area contributed by atoms with E-state index < -0.39 is 6.04 Å². The number of amides is 2. The number of aromatic nitrogens is 1. The van der Waals surface area contributed by atoms with Gasteiger partial charge < -0.3 is 19.9 Å². The maximum Gasteiger partial charge on any atom is 0.274 e. The summed E-state index contributed by atoms with van der Waals surface area (Å²) in [5.41, 5.74) is 2.25. The van der Waals surface area contributed by atoms with Crippen molar-refractivity contribution < 1.29 is 14.3 Å². The van der Waals surface area contributed by atoms with Crippen LogP contribution in [0.4, 0.5) is 10.8 Å². The molecule has 1 aromatic heterocycles. The van der Waals surface area contributed by atoms with Gasteiger partial charge in [-0.3, -0.25) is 9.59 Å². The summed E-state index contributed by atoms with van der Waals surface area (Å²) >= 11 is 7.43. The minimum Gasteiger partial charge on any atom is -0.378 e. The summed E-state index contributed by atoms with van der Waals surface area (Å²) in [6, 6.07) is 5.18. The molecule has 2 amide bonds. The molecule has 3 heterocycles. The molecule has 2 aliphatic heterocycles. The lowest BCUT2D eigenvalue weighted by molar-refractivity contribution is -0.139. The van der Waals surface area contributed by atoms with E-state index in [9.17, 15) is 9.59 Å². The van der Waals surface area contributed by atoms with E-state index in [1.165, 1.54) is 11.3 Å². The van der Waals surface area contributed by atoms with E-state index in [0.29, 0.717) is 55.1 Å². The van der Waals surface area contributed by atoms with Gasteiger partial charge in [-0.25, -0.2) is 4.98 Å². The Kier molecular flexibility index (Phi) is 6.03. The Hall–Kier alpha value is -2.16. The number of nitrogens with one attached hydrogen (secondary N) is 1. The van der Waals surface area contributed by atoms with Gasteiger partial charge in [0.25, 0.3) is 5.91 Å². The summed E-state index contributed by atoms with van der Waals surface area (Å²) < 4.78 is 5.33. The third-order valence-electron chi connectivity index (χ3n) is 5.29.